The molecule has 0 radical (unpaired) electrons. The lowest BCUT2D eigenvalue weighted by atomic mass is 9.85. The number of nitrogens with one attached hydrogen (secondary N) is 2. The van der Waals surface area contributed by atoms with Crippen LogP contribution in [0.2, 0.25) is 0 Å². The molecule has 2 aromatic carbocycles. The van der Waals surface area contributed by atoms with E-state index in [0.29, 0.717) is 34.3 Å². The van der Waals surface area contributed by atoms with Crippen LogP contribution in [0.25, 0.3) is 22.3 Å². The number of aliphatic carboxylic acids is 1. The van der Waals surface area contributed by atoms with Gasteiger partial charge in [-0.05, 0) is 79.1 Å². The van der Waals surface area contributed by atoms with Gasteiger partial charge < -0.3 is 15.7 Å². The molecule has 3 aromatic rings. The van der Waals surface area contributed by atoms with Gasteiger partial charge in [-0.25, -0.2) is 9.78 Å². The Morgan fingerprint density at radius 2 is 1.92 bits per heavy atom. The molecule has 1 heterocycles. The summed E-state index contributed by atoms with van der Waals surface area (Å²) in [6, 6.07) is 9.40. The molecule has 1 fully saturated rings. The number of alkyl halides is 3. The molecular weight excluding hydrogens is 509 g/mol. The number of nitrogens with zero attached hydrogens (tertiary/aromatic N) is 2. The molecule has 0 bridgehead atoms. The zero-order chi connectivity index (χ0) is 27.9. The lowest BCUT2D eigenvalue weighted by Crippen LogP contribution is -2.26. The fourth-order valence-corrected chi connectivity index (χ4v) is 4.88. The number of carbonyl (C=O) groups is 2. The maximum atomic E-state index is 12.9. The lowest BCUT2D eigenvalue weighted by molar-refractivity contribution is -0.133. The van der Waals surface area contributed by atoms with Gasteiger partial charge in [0.15, 0.2) is 0 Å². The van der Waals surface area contributed by atoms with E-state index in [9.17, 15) is 27.9 Å². The Bertz CT molecular complexity index is 1520. The van der Waals surface area contributed by atoms with Gasteiger partial charge in [-0.2, -0.15) is 13.2 Å². The quantitative estimate of drug-likeness (QED) is 0.326. The predicted molar refractivity (Wildman–Crippen MR) is 143 cm³/mol. The molecule has 1 unspecified atom stereocenters. The summed E-state index contributed by atoms with van der Waals surface area (Å²) in [6.45, 7) is 3.39. The first-order valence-corrected chi connectivity index (χ1v) is 12.9. The Kier molecular flexibility index (Phi) is 6.96. The van der Waals surface area contributed by atoms with Crippen LogP contribution in [0.5, 0.6) is 0 Å². The van der Waals surface area contributed by atoms with E-state index < -0.39 is 18.6 Å². The van der Waals surface area contributed by atoms with Gasteiger partial charge in [-0.15, -0.1) is 0 Å². The minimum Gasteiger partial charge on any atom is -0.478 e. The van der Waals surface area contributed by atoms with E-state index in [1.54, 1.807) is 30.6 Å². The van der Waals surface area contributed by atoms with Gasteiger partial charge in [0.05, 0.1) is 17.6 Å². The number of benzene rings is 2. The summed E-state index contributed by atoms with van der Waals surface area (Å²) in [7, 11) is 0. The summed E-state index contributed by atoms with van der Waals surface area (Å²) in [5.74, 6) is -1.30. The van der Waals surface area contributed by atoms with Crippen LogP contribution in [-0.4, -0.2) is 45.3 Å². The van der Waals surface area contributed by atoms with Crippen molar-refractivity contribution in [1.29, 1.82) is 0 Å². The molecule has 39 heavy (non-hydrogen) atoms. The second kappa shape index (κ2) is 10.2. The standard InChI is InChI=1S/C29H29F3N4O3/c1-16-11-18(3-7-23(16)28(38)39)19-13-24(33-10-9-29(30,31)32)26-25(14-19)36(15-34-26)21-6-8-22(17(2)12-21)27(37)35-20-4-5-20/h3,6-8,12-16,20,33H,4-5,9-11H2,1-2H3,(H,35,37)(H,38,39). The molecule has 5 rings (SSSR count). The molecular formula is C29H29F3N4O3. The van der Waals surface area contributed by atoms with Gasteiger partial charge in [0, 0.05) is 29.4 Å². The number of amides is 1. The van der Waals surface area contributed by atoms with Crippen molar-refractivity contribution in [3.05, 3.63) is 71.1 Å². The first kappa shape index (κ1) is 26.5. The van der Waals surface area contributed by atoms with E-state index in [-0.39, 0.29) is 24.4 Å². The van der Waals surface area contributed by atoms with Crippen LogP contribution in [0.3, 0.4) is 0 Å². The van der Waals surface area contributed by atoms with Crippen molar-refractivity contribution < 1.29 is 27.9 Å². The Hall–Kier alpha value is -4.08. The third-order valence-corrected chi connectivity index (χ3v) is 7.16. The molecule has 2 aliphatic carbocycles. The molecule has 7 nitrogen and oxygen atoms in total. The van der Waals surface area contributed by atoms with Crippen LogP contribution in [0, 0.1) is 12.8 Å². The zero-order valence-corrected chi connectivity index (χ0v) is 21.6. The van der Waals surface area contributed by atoms with E-state index in [0.717, 1.165) is 35.2 Å². The average Bonchev–Trinajstić information content (AvgIpc) is 3.57. The molecule has 0 aliphatic heterocycles. The fourth-order valence-electron chi connectivity index (χ4n) is 4.88. The number of hydrogen-bond donors (Lipinski definition) is 3. The van der Waals surface area contributed by atoms with Crippen molar-refractivity contribution in [2.24, 2.45) is 5.92 Å². The maximum Gasteiger partial charge on any atom is 0.390 e. The Morgan fingerprint density at radius 3 is 2.56 bits per heavy atom. The highest BCUT2D eigenvalue weighted by molar-refractivity contribution is 5.97. The third-order valence-electron chi connectivity index (χ3n) is 7.16. The van der Waals surface area contributed by atoms with E-state index in [1.807, 2.05) is 36.6 Å². The molecule has 0 spiro atoms. The minimum atomic E-state index is -4.30. The molecule has 1 amide bonds. The second-order valence-corrected chi connectivity index (χ2v) is 10.3. The normalized spacial score (nSPS) is 17.5. The van der Waals surface area contributed by atoms with Crippen molar-refractivity contribution in [2.45, 2.75) is 51.7 Å². The number of imidazole rings is 1. The minimum absolute atomic E-state index is 0.109. The number of carboxylic acid groups (broad SMARTS) is 1. The molecule has 204 valence electrons. The number of rotatable bonds is 8. The lowest BCUT2D eigenvalue weighted by Gasteiger charge is -2.20. The van der Waals surface area contributed by atoms with Crippen LogP contribution in [-0.2, 0) is 4.79 Å². The van der Waals surface area contributed by atoms with Crippen molar-refractivity contribution in [1.82, 2.24) is 14.9 Å². The van der Waals surface area contributed by atoms with Crippen LogP contribution in [0.4, 0.5) is 18.9 Å². The molecule has 1 atom stereocenters. The second-order valence-electron chi connectivity index (χ2n) is 10.3. The van der Waals surface area contributed by atoms with Crippen molar-refractivity contribution in [3.8, 4) is 5.69 Å². The van der Waals surface area contributed by atoms with Crippen LogP contribution in [0.15, 0.2) is 54.4 Å². The van der Waals surface area contributed by atoms with E-state index in [1.165, 1.54) is 0 Å². The Morgan fingerprint density at radius 1 is 1.15 bits per heavy atom. The summed E-state index contributed by atoms with van der Waals surface area (Å²) in [4.78, 5) is 28.6. The number of allylic oxidation sites excluding steroid dienone is 3. The number of carbonyl (C=O) groups excluding carboxylic acids is 1. The molecule has 1 aromatic heterocycles. The van der Waals surface area contributed by atoms with E-state index >= 15 is 0 Å². The van der Waals surface area contributed by atoms with Crippen LogP contribution in [0.1, 0.15) is 54.1 Å². The third kappa shape index (κ3) is 5.84. The van der Waals surface area contributed by atoms with Gasteiger partial charge in [0.25, 0.3) is 5.91 Å². The fraction of sp³-hybridized carbons (Fsp3) is 0.345. The summed E-state index contributed by atoms with van der Waals surface area (Å²) < 4.78 is 40.4. The number of fused-ring (bicyclic) bond motifs is 1. The van der Waals surface area contributed by atoms with Gasteiger partial charge in [0.2, 0.25) is 0 Å². The van der Waals surface area contributed by atoms with Gasteiger partial charge >= 0.3 is 12.1 Å². The average molecular weight is 539 g/mol. The largest absolute Gasteiger partial charge is 0.478 e. The molecule has 2 aliphatic rings. The molecule has 1 saturated carbocycles. The monoisotopic (exact) mass is 538 g/mol. The van der Waals surface area contributed by atoms with E-state index in [4.69, 9.17) is 0 Å². The van der Waals surface area contributed by atoms with Crippen LogP contribution < -0.4 is 10.6 Å². The molecule has 0 saturated heterocycles. The van der Waals surface area contributed by atoms with Gasteiger partial charge in [0.1, 0.15) is 11.8 Å². The highest BCUT2D eigenvalue weighted by atomic mass is 19.4. The number of aryl methyl sites for hydroxylation is 1. The molecule has 3 N–H and O–H groups in total. The maximum absolute atomic E-state index is 12.9. The van der Waals surface area contributed by atoms with Crippen molar-refractivity contribution in [2.75, 3.05) is 11.9 Å². The van der Waals surface area contributed by atoms with E-state index in [2.05, 4.69) is 15.6 Å². The topological polar surface area (TPSA) is 96.2 Å². The van der Waals surface area contributed by atoms with Gasteiger partial charge in [-0.3, -0.25) is 9.36 Å². The number of halogens is 3. The summed E-state index contributed by atoms with van der Waals surface area (Å²) in [6.07, 6.45) is 2.12. The van der Waals surface area contributed by atoms with Crippen molar-refractivity contribution in [3.63, 3.8) is 0 Å². The Labute approximate surface area is 223 Å². The SMILES string of the molecule is Cc1cc(-n2cnc3c(NCCC(F)(F)F)cc(C4=CC=C(C(=O)O)C(C)C4)cc32)ccc1C(=O)NC1CC1. The highest BCUT2D eigenvalue weighted by Gasteiger charge is 2.27. The first-order valence-electron chi connectivity index (χ1n) is 12.9. The Balaban J connectivity index is 1.55. The summed E-state index contributed by atoms with van der Waals surface area (Å²) >= 11 is 0. The van der Waals surface area contributed by atoms with Crippen molar-refractivity contribution >= 4 is 34.2 Å². The van der Waals surface area contributed by atoms with Gasteiger partial charge in [-0.1, -0.05) is 19.1 Å². The summed E-state index contributed by atoms with van der Waals surface area (Å²) in [5, 5.41) is 15.3. The number of aromatic nitrogens is 2. The predicted octanol–water partition coefficient (Wildman–Crippen LogP) is 6.02. The number of hydrogen-bond acceptors (Lipinski definition) is 4. The zero-order valence-electron chi connectivity index (χ0n) is 21.6. The smallest absolute Gasteiger partial charge is 0.390 e. The first-order chi connectivity index (χ1) is 18.5. The summed E-state index contributed by atoms with van der Waals surface area (Å²) in [5.41, 5.74) is 5.76. The highest BCUT2D eigenvalue weighted by Crippen LogP contribution is 2.36. The number of anilines is 1. The molecule has 10 heteroatoms. The van der Waals surface area contributed by atoms with Crippen LogP contribution >= 0.6 is 0 Å². The number of carboxylic acids is 1.